The van der Waals surface area contributed by atoms with Gasteiger partial charge in [-0.15, -0.1) is 0 Å². The molecule has 2 N–H and O–H groups in total. The van der Waals surface area contributed by atoms with Crippen LogP contribution in [0, 0.1) is 11.8 Å². The van der Waals surface area contributed by atoms with Crippen molar-refractivity contribution in [2.24, 2.45) is 17.6 Å². The van der Waals surface area contributed by atoms with Gasteiger partial charge in [-0.1, -0.05) is 19.3 Å². The Kier molecular flexibility index (Phi) is 5.00. The van der Waals surface area contributed by atoms with Gasteiger partial charge in [-0.05, 0) is 64.1 Å². The van der Waals surface area contributed by atoms with E-state index in [0.717, 1.165) is 24.4 Å². The lowest BCUT2D eigenvalue weighted by molar-refractivity contribution is 0.0330. The summed E-state index contributed by atoms with van der Waals surface area (Å²) in [5.74, 6) is 1.71. The molecule has 0 aromatic rings. The van der Waals surface area contributed by atoms with Crippen molar-refractivity contribution in [3.05, 3.63) is 0 Å². The second kappa shape index (κ2) is 6.76. The minimum atomic E-state index is 0.424. The van der Waals surface area contributed by atoms with Gasteiger partial charge in [-0.3, -0.25) is 0 Å². The maximum Gasteiger partial charge on any atom is 0.0196 e. The van der Waals surface area contributed by atoms with Crippen LogP contribution in [0.25, 0.3) is 0 Å². The Balaban J connectivity index is 1.49. The van der Waals surface area contributed by atoms with Gasteiger partial charge >= 0.3 is 0 Å². The van der Waals surface area contributed by atoms with Gasteiger partial charge in [-0.25, -0.2) is 0 Å². The van der Waals surface area contributed by atoms with Crippen molar-refractivity contribution in [2.75, 3.05) is 33.2 Å². The second-order valence-electron chi connectivity index (χ2n) is 7.56. The quantitative estimate of drug-likeness (QED) is 0.860. The Hall–Kier alpha value is -0.120. The van der Waals surface area contributed by atoms with Crippen LogP contribution in [0.2, 0.25) is 0 Å². The first-order valence-corrected chi connectivity index (χ1v) is 8.92. The van der Waals surface area contributed by atoms with Gasteiger partial charge in [-0.2, -0.15) is 0 Å². The molecule has 0 aromatic carbocycles. The summed E-state index contributed by atoms with van der Waals surface area (Å²) in [7, 11) is 2.32. The summed E-state index contributed by atoms with van der Waals surface area (Å²) in [5.41, 5.74) is 6.52. The first kappa shape index (κ1) is 14.8. The van der Waals surface area contributed by atoms with E-state index >= 15 is 0 Å². The van der Waals surface area contributed by atoms with E-state index in [-0.39, 0.29) is 0 Å². The lowest BCUT2D eigenvalue weighted by atomic mass is 9.82. The molecule has 0 radical (unpaired) electrons. The Labute approximate surface area is 124 Å². The predicted octanol–water partition coefficient (Wildman–Crippen LogP) is 2.31. The maximum absolute atomic E-state index is 6.52. The summed E-state index contributed by atoms with van der Waals surface area (Å²) in [6.45, 7) is 5.03. The summed E-state index contributed by atoms with van der Waals surface area (Å²) in [5, 5.41) is 0. The molecule has 3 aliphatic rings. The zero-order valence-corrected chi connectivity index (χ0v) is 13.3. The number of rotatable bonds is 3. The van der Waals surface area contributed by atoms with E-state index in [1.54, 1.807) is 0 Å². The SMILES string of the molecule is CN1CCCC2CN(CC(N)C3CCCCC3)CCC21. The van der Waals surface area contributed by atoms with E-state index in [2.05, 4.69) is 16.8 Å². The lowest BCUT2D eigenvalue weighted by Gasteiger charge is -2.46. The number of fused-ring (bicyclic) bond motifs is 1. The molecule has 2 aliphatic heterocycles. The van der Waals surface area contributed by atoms with Gasteiger partial charge in [0.05, 0.1) is 0 Å². The average Bonchev–Trinajstić information content (AvgIpc) is 2.48. The van der Waals surface area contributed by atoms with E-state index in [1.807, 2.05) is 0 Å². The second-order valence-corrected chi connectivity index (χ2v) is 7.56. The van der Waals surface area contributed by atoms with Crippen LogP contribution in [0.5, 0.6) is 0 Å². The van der Waals surface area contributed by atoms with Crippen molar-refractivity contribution in [2.45, 2.75) is 63.5 Å². The first-order valence-electron chi connectivity index (χ1n) is 8.92. The third kappa shape index (κ3) is 3.37. The van der Waals surface area contributed by atoms with Crippen LogP contribution < -0.4 is 5.73 Å². The van der Waals surface area contributed by atoms with Crippen molar-refractivity contribution in [1.82, 2.24) is 9.80 Å². The number of nitrogens with two attached hydrogens (primary N) is 1. The molecule has 3 unspecified atom stereocenters. The normalized spacial score (nSPS) is 35.7. The average molecular weight is 279 g/mol. The summed E-state index contributed by atoms with van der Waals surface area (Å²) < 4.78 is 0. The summed E-state index contributed by atoms with van der Waals surface area (Å²) in [4.78, 5) is 5.28. The molecular formula is C17H33N3. The van der Waals surface area contributed by atoms with Gasteiger partial charge in [0.2, 0.25) is 0 Å². The fourth-order valence-electron chi connectivity index (χ4n) is 4.90. The van der Waals surface area contributed by atoms with E-state index in [1.165, 1.54) is 71.0 Å². The summed E-state index contributed by atoms with van der Waals surface area (Å²) >= 11 is 0. The molecule has 0 aromatic heterocycles. The molecule has 3 fully saturated rings. The molecule has 3 heteroatoms. The Morgan fingerprint density at radius 2 is 1.80 bits per heavy atom. The maximum atomic E-state index is 6.52. The molecule has 0 spiro atoms. The first-order chi connectivity index (χ1) is 9.74. The standard InChI is InChI=1S/C17H33N3/c1-19-10-5-8-15-12-20(11-9-17(15)19)13-16(18)14-6-3-2-4-7-14/h14-17H,2-13,18H2,1H3. The third-order valence-corrected chi connectivity index (χ3v) is 6.15. The minimum Gasteiger partial charge on any atom is -0.326 e. The van der Waals surface area contributed by atoms with Crippen molar-refractivity contribution in [3.8, 4) is 0 Å². The number of hydrogen-bond donors (Lipinski definition) is 1. The Morgan fingerprint density at radius 1 is 1.00 bits per heavy atom. The lowest BCUT2D eigenvalue weighted by Crippen LogP contribution is -2.55. The fraction of sp³-hybridized carbons (Fsp3) is 1.00. The monoisotopic (exact) mass is 279 g/mol. The summed E-state index contributed by atoms with van der Waals surface area (Å²) in [6.07, 6.45) is 11.2. The Morgan fingerprint density at radius 3 is 2.60 bits per heavy atom. The molecule has 1 saturated carbocycles. The highest BCUT2D eigenvalue weighted by Gasteiger charge is 2.35. The van der Waals surface area contributed by atoms with Crippen LogP contribution in [-0.4, -0.2) is 55.1 Å². The third-order valence-electron chi connectivity index (χ3n) is 6.15. The predicted molar refractivity (Wildman–Crippen MR) is 84.7 cm³/mol. The van der Waals surface area contributed by atoms with Crippen LogP contribution in [0.4, 0.5) is 0 Å². The fourth-order valence-corrected chi connectivity index (χ4v) is 4.90. The van der Waals surface area contributed by atoms with Crippen molar-refractivity contribution < 1.29 is 0 Å². The molecule has 1 aliphatic carbocycles. The zero-order valence-electron chi connectivity index (χ0n) is 13.3. The van der Waals surface area contributed by atoms with E-state index in [4.69, 9.17) is 5.73 Å². The van der Waals surface area contributed by atoms with Gasteiger partial charge in [0.25, 0.3) is 0 Å². The molecule has 2 heterocycles. The molecule has 20 heavy (non-hydrogen) atoms. The van der Waals surface area contributed by atoms with E-state index in [0.29, 0.717) is 6.04 Å². The Bertz CT molecular complexity index is 301. The van der Waals surface area contributed by atoms with E-state index in [9.17, 15) is 0 Å². The molecule has 3 rings (SSSR count). The van der Waals surface area contributed by atoms with Gasteiger partial charge in [0, 0.05) is 25.2 Å². The van der Waals surface area contributed by atoms with Gasteiger partial charge in [0.15, 0.2) is 0 Å². The highest BCUT2D eigenvalue weighted by molar-refractivity contribution is 4.90. The topological polar surface area (TPSA) is 32.5 Å². The van der Waals surface area contributed by atoms with E-state index < -0.39 is 0 Å². The number of nitrogens with zero attached hydrogens (tertiary/aromatic N) is 2. The van der Waals surface area contributed by atoms with Gasteiger partial charge in [0.1, 0.15) is 0 Å². The molecule has 3 atom stereocenters. The van der Waals surface area contributed by atoms with Crippen LogP contribution in [0.3, 0.4) is 0 Å². The number of hydrogen-bond acceptors (Lipinski definition) is 3. The summed E-state index contributed by atoms with van der Waals surface area (Å²) in [6, 6.07) is 1.28. The van der Waals surface area contributed by atoms with Crippen LogP contribution in [-0.2, 0) is 0 Å². The molecule has 116 valence electrons. The van der Waals surface area contributed by atoms with Crippen molar-refractivity contribution >= 4 is 0 Å². The van der Waals surface area contributed by atoms with Gasteiger partial charge < -0.3 is 15.5 Å². The van der Waals surface area contributed by atoms with Crippen LogP contribution >= 0.6 is 0 Å². The molecule has 0 amide bonds. The van der Waals surface area contributed by atoms with Crippen LogP contribution in [0.1, 0.15) is 51.4 Å². The van der Waals surface area contributed by atoms with Crippen LogP contribution in [0.15, 0.2) is 0 Å². The molecule has 0 bridgehead atoms. The highest BCUT2D eigenvalue weighted by Crippen LogP contribution is 2.31. The van der Waals surface area contributed by atoms with Crippen molar-refractivity contribution in [3.63, 3.8) is 0 Å². The highest BCUT2D eigenvalue weighted by atomic mass is 15.2. The smallest absolute Gasteiger partial charge is 0.0196 e. The van der Waals surface area contributed by atoms with Crippen molar-refractivity contribution in [1.29, 1.82) is 0 Å². The number of piperidine rings is 2. The largest absolute Gasteiger partial charge is 0.326 e. The molecular weight excluding hydrogens is 246 g/mol. The molecule has 3 nitrogen and oxygen atoms in total. The zero-order chi connectivity index (χ0) is 13.9. The minimum absolute atomic E-state index is 0.424. The number of likely N-dealkylation sites (tertiary alicyclic amines) is 2. The molecule has 2 saturated heterocycles.